The zero-order chi connectivity index (χ0) is 18.3. The van der Waals surface area contributed by atoms with Crippen molar-refractivity contribution in [1.82, 2.24) is 20.1 Å². The van der Waals surface area contributed by atoms with Crippen LogP contribution in [0.3, 0.4) is 0 Å². The van der Waals surface area contributed by atoms with Gasteiger partial charge in [0.2, 0.25) is 0 Å². The summed E-state index contributed by atoms with van der Waals surface area (Å²) in [6.45, 7) is 0. The van der Waals surface area contributed by atoms with Gasteiger partial charge in [0.05, 0.1) is 10.4 Å². The second kappa shape index (κ2) is 7.33. The number of carbonyl (C=O) groups excluding carboxylic acids is 1. The standard InChI is InChI=1S/C20H19ClN4O.ClH/c1-22-18(26)13-8-9-15(16(21)12-13)17-23-24-19(25(17)2)20(10-11-20)14-6-4-3-5-7-14;/h3-9,12H,10-11H2,1-2H3,(H,22,26);1H. The third-order valence-electron chi connectivity index (χ3n) is 5.08. The van der Waals surface area contributed by atoms with Crippen molar-refractivity contribution in [2.45, 2.75) is 18.3 Å². The molecule has 0 radical (unpaired) electrons. The molecule has 3 aromatic rings. The smallest absolute Gasteiger partial charge is 0.251 e. The molecule has 1 aliphatic carbocycles. The average Bonchev–Trinajstić information content (AvgIpc) is 3.39. The molecule has 1 amide bonds. The molecular formula is C20H20Cl2N4O. The second-order valence-electron chi connectivity index (χ2n) is 6.63. The van der Waals surface area contributed by atoms with Crippen molar-refractivity contribution in [2.24, 2.45) is 7.05 Å². The van der Waals surface area contributed by atoms with Crippen molar-refractivity contribution < 1.29 is 4.79 Å². The second-order valence-corrected chi connectivity index (χ2v) is 7.04. The summed E-state index contributed by atoms with van der Waals surface area (Å²) in [7, 11) is 3.56. The number of hydrogen-bond donors (Lipinski definition) is 1. The maximum Gasteiger partial charge on any atom is 0.251 e. The summed E-state index contributed by atoms with van der Waals surface area (Å²) < 4.78 is 2.01. The van der Waals surface area contributed by atoms with E-state index in [4.69, 9.17) is 11.6 Å². The van der Waals surface area contributed by atoms with Crippen LogP contribution < -0.4 is 5.32 Å². The predicted molar refractivity (Wildman–Crippen MR) is 109 cm³/mol. The van der Waals surface area contributed by atoms with Crippen molar-refractivity contribution in [3.63, 3.8) is 0 Å². The van der Waals surface area contributed by atoms with Gasteiger partial charge in [0.25, 0.3) is 5.91 Å². The van der Waals surface area contributed by atoms with Crippen LogP contribution in [0.2, 0.25) is 5.02 Å². The summed E-state index contributed by atoms with van der Waals surface area (Å²) in [5, 5.41) is 12.0. The normalized spacial score (nSPS) is 14.3. The Morgan fingerprint density at radius 3 is 2.44 bits per heavy atom. The molecule has 0 spiro atoms. The first kappa shape index (κ1) is 19.4. The molecule has 1 fully saturated rings. The van der Waals surface area contributed by atoms with E-state index in [1.54, 1.807) is 19.2 Å². The van der Waals surface area contributed by atoms with Crippen LogP contribution in [0.15, 0.2) is 48.5 Å². The molecule has 1 heterocycles. The Hall–Kier alpha value is -2.37. The highest BCUT2D eigenvalue weighted by molar-refractivity contribution is 6.33. The van der Waals surface area contributed by atoms with Gasteiger partial charge in [-0.05, 0) is 36.6 Å². The van der Waals surface area contributed by atoms with Crippen LogP contribution >= 0.6 is 24.0 Å². The number of amides is 1. The Balaban J connectivity index is 0.00000210. The molecule has 0 unspecified atom stereocenters. The van der Waals surface area contributed by atoms with Crippen molar-refractivity contribution >= 4 is 29.9 Å². The Morgan fingerprint density at radius 2 is 1.85 bits per heavy atom. The molecule has 7 heteroatoms. The van der Waals surface area contributed by atoms with Gasteiger partial charge in [0.15, 0.2) is 5.82 Å². The summed E-state index contributed by atoms with van der Waals surface area (Å²) >= 11 is 6.43. The van der Waals surface area contributed by atoms with E-state index in [0.29, 0.717) is 16.4 Å². The molecule has 0 bridgehead atoms. The summed E-state index contributed by atoms with van der Waals surface area (Å²) in [4.78, 5) is 11.8. The van der Waals surface area contributed by atoms with Crippen LogP contribution in [-0.4, -0.2) is 27.7 Å². The predicted octanol–water partition coefficient (Wildman–Crippen LogP) is 4.00. The van der Waals surface area contributed by atoms with Gasteiger partial charge < -0.3 is 9.88 Å². The first-order valence-corrected chi connectivity index (χ1v) is 8.92. The first-order chi connectivity index (χ1) is 12.6. The minimum Gasteiger partial charge on any atom is -0.355 e. The summed E-state index contributed by atoms with van der Waals surface area (Å²) in [6, 6.07) is 15.7. The minimum absolute atomic E-state index is 0. The molecule has 0 atom stereocenters. The fraction of sp³-hybridized carbons (Fsp3) is 0.250. The monoisotopic (exact) mass is 402 g/mol. The topological polar surface area (TPSA) is 59.8 Å². The van der Waals surface area contributed by atoms with E-state index < -0.39 is 0 Å². The van der Waals surface area contributed by atoms with Crippen molar-refractivity contribution in [3.05, 3.63) is 70.5 Å². The van der Waals surface area contributed by atoms with Gasteiger partial charge in [-0.15, -0.1) is 22.6 Å². The molecule has 140 valence electrons. The molecule has 27 heavy (non-hydrogen) atoms. The third kappa shape index (κ3) is 3.22. The van der Waals surface area contributed by atoms with Gasteiger partial charge in [-0.1, -0.05) is 41.9 Å². The third-order valence-corrected chi connectivity index (χ3v) is 5.39. The van der Waals surface area contributed by atoms with Gasteiger partial charge in [0.1, 0.15) is 5.82 Å². The zero-order valence-electron chi connectivity index (χ0n) is 15.1. The van der Waals surface area contributed by atoms with E-state index in [2.05, 4.69) is 39.8 Å². The van der Waals surface area contributed by atoms with E-state index >= 15 is 0 Å². The van der Waals surface area contributed by atoms with Gasteiger partial charge in [-0.2, -0.15) is 0 Å². The van der Waals surface area contributed by atoms with Crippen LogP contribution in [0.5, 0.6) is 0 Å². The number of rotatable bonds is 4. The summed E-state index contributed by atoms with van der Waals surface area (Å²) in [5.74, 6) is 1.49. The van der Waals surface area contributed by atoms with Crippen LogP contribution in [-0.2, 0) is 12.5 Å². The van der Waals surface area contributed by atoms with Crippen LogP contribution in [0.25, 0.3) is 11.4 Å². The number of aromatic nitrogens is 3. The largest absolute Gasteiger partial charge is 0.355 e. The molecule has 1 N–H and O–H groups in total. The number of hydrogen-bond acceptors (Lipinski definition) is 3. The Labute approximate surface area is 169 Å². The number of nitrogens with zero attached hydrogens (tertiary/aromatic N) is 3. The quantitative estimate of drug-likeness (QED) is 0.717. The lowest BCUT2D eigenvalue weighted by atomic mass is 9.95. The fourth-order valence-corrected chi connectivity index (χ4v) is 3.75. The van der Waals surface area contributed by atoms with Crippen molar-refractivity contribution in [1.29, 1.82) is 0 Å². The van der Waals surface area contributed by atoms with E-state index in [1.807, 2.05) is 23.7 Å². The van der Waals surface area contributed by atoms with Gasteiger partial charge in [-0.3, -0.25) is 4.79 Å². The lowest BCUT2D eigenvalue weighted by Gasteiger charge is -2.15. The molecule has 1 aliphatic rings. The molecule has 1 saturated carbocycles. The zero-order valence-corrected chi connectivity index (χ0v) is 16.6. The maximum absolute atomic E-state index is 11.8. The number of carbonyl (C=O) groups is 1. The Morgan fingerprint density at radius 1 is 1.15 bits per heavy atom. The number of halogens is 2. The lowest BCUT2D eigenvalue weighted by molar-refractivity contribution is 0.0963. The Kier molecular flexibility index (Phi) is 5.27. The number of nitrogens with one attached hydrogen (secondary N) is 1. The van der Waals surface area contributed by atoms with E-state index in [9.17, 15) is 4.79 Å². The van der Waals surface area contributed by atoms with E-state index in [1.165, 1.54) is 5.56 Å². The van der Waals surface area contributed by atoms with Gasteiger partial charge in [0, 0.05) is 25.2 Å². The highest BCUT2D eigenvalue weighted by Gasteiger charge is 2.49. The summed E-state index contributed by atoms with van der Waals surface area (Å²) in [6.07, 6.45) is 2.12. The van der Waals surface area contributed by atoms with Crippen LogP contribution in [0.4, 0.5) is 0 Å². The number of benzene rings is 2. The van der Waals surface area contributed by atoms with Crippen molar-refractivity contribution in [2.75, 3.05) is 7.05 Å². The molecule has 0 saturated heterocycles. The fourth-order valence-electron chi connectivity index (χ4n) is 3.49. The van der Waals surface area contributed by atoms with Gasteiger partial charge >= 0.3 is 0 Å². The summed E-state index contributed by atoms with van der Waals surface area (Å²) in [5.41, 5.74) is 2.50. The molecule has 4 rings (SSSR count). The molecule has 0 aliphatic heterocycles. The first-order valence-electron chi connectivity index (χ1n) is 8.54. The highest BCUT2D eigenvalue weighted by Crippen LogP contribution is 2.53. The minimum atomic E-state index is -0.168. The Bertz CT molecular complexity index is 981. The molecule has 1 aromatic heterocycles. The van der Waals surface area contributed by atoms with E-state index in [-0.39, 0.29) is 23.7 Å². The SMILES string of the molecule is CNC(=O)c1ccc(-c2nnc(C3(c4ccccc4)CC3)n2C)c(Cl)c1.Cl. The van der Waals surface area contributed by atoms with Crippen LogP contribution in [0.1, 0.15) is 34.6 Å². The highest BCUT2D eigenvalue weighted by atomic mass is 35.5. The molecule has 5 nitrogen and oxygen atoms in total. The lowest BCUT2D eigenvalue weighted by Crippen LogP contribution is -2.17. The molecular weight excluding hydrogens is 383 g/mol. The average molecular weight is 403 g/mol. The maximum atomic E-state index is 11.8. The van der Waals surface area contributed by atoms with Gasteiger partial charge in [-0.25, -0.2) is 0 Å². The van der Waals surface area contributed by atoms with Crippen LogP contribution in [0, 0.1) is 0 Å². The van der Waals surface area contributed by atoms with Crippen molar-refractivity contribution in [3.8, 4) is 11.4 Å². The van der Waals surface area contributed by atoms with E-state index in [0.717, 1.165) is 24.2 Å². The molecule has 2 aromatic carbocycles.